The molecule has 0 N–H and O–H groups in total. The molecule has 6 heteroatoms. The minimum Gasteiger partial charge on any atom is -0.462 e. The number of esters is 3. The molecule has 0 spiro atoms. The van der Waals surface area contributed by atoms with Crippen molar-refractivity contribution in [2.24, 2.45) is 5.92 Å². The van der Waals surface area contributed by atoms with E-state index in [1.165, 1.54) is 135 Å². The molecule has 0 aromatic rings. The van der Waals surface area contributed by atoms with Crippen molar-refractivity contribution in [3.8, 4) is 0 Å². The van der Waals surface area contributed by atoms with E-state index in [1.54, 1.807) is 0 Å². The standard InChI is InChI=1S/C44H84O6/c1-5-7-9-11-13-14-16-20-24-28-32-36-43(46)49-39-41(38-48-42(45)35-31-27-22-12-10-8-6-2)50-44(47)37-33-29-25-21-18-15-17-19-23-26-30-34-40(3)4/h40-41H,5-39H2,1-4H3/t41-/m0/s1. The Kier molecular flexibility index (Phi) is 37.4. The zero-order valence-corrected chi connectivity index (χ0v) is 33.9. The van der Waals surface area contributed by atoms with Gasteiger partial charge < -0.3 is 14.2 Å². The van der Waals surface area contributed by atoms with Crippen molar-refractivity contribution in [3.63, 3.8) is 0 Å². The van der Waals surface area contributed by atoms with Crippen molar-refractivity contribution in [3.05, 3.63) is 0 Å². The first-order valence-electron chi connectivity index (χ1n) is 21.9. The monoisotopic (exact) mass is 709 g/mol. The lowest BCUT2D eigenvalue weighted by molar-refractivity contribution is -0.167. The molecule has 0 heterocycles. The van der Waals surface area contributed by atoms with Gasteiger partial charge in [-0.3, -0.25) is 14.4 Å². The van der Waals surface area contributed by atoms with Crippen molar-refractivity contribution < 1.29 is 28.6 Å². The Hall–Kier alpha value is -1.59. The van der Waals surface area contributed by atoms with Crippen LogP contribution in [0.4, 0.5) is 0 Å². The van der Waals surface area contributed by atoms with Gasteiger partial charge in [-0.25, -0.2) is 0 Å². The number of rotatable bonds is 39. The van der Waals surface area contributed by atoms with Gasteiger partial charge in [0.05, 0.1) is 0 Å². The summed E-state index contributed by atoms with van der Waals surface area (Å²) in [5, 5.41) is 0. The maximum absolute atomic E-state index is 12.7. The molecule has 0 amide bonds. The summed E-state index contributed by atoms with van der Waals surface area (Å²) in [5.74, 6) is -0.0386. The lowest BCUT2D eigenvalue weighted by atomic mass is 10.0. The molecule has 6 nitrogen and oxygen atoms in total. The molecule has 0 unspecified atom stereocenters. The van der Waals surface area contributed by atoms with Gasteiger partial charge in [-0.2, -0.15) is 0 Å². The maximum Gasteiger partial charge on any atom is 0.306 e. The number of carbonyl (C=O) groups excluding carboxylic acids is 3. The van der Waals surface area contributed by atoms with Crippen LogP contribution in [0.3, 0.4) is 0 Å². The van der Waals surface area contributed by atoms with Crippen LogP contribution in [-0.2, 0) is 28.6 Å². The predicted molar refractivity (Wildman–Crippen MR) is 210 cm³/mol. The van der Waals surface area contributed by atoms with E-state index < -0.39 is 6.10 Å². The van der Waals surface area contributed by atoms with Gasteiger partial charge >= 0.3 is 17.9 Å². The second kappa shape index (κ2) is 38.6. The van der Waals surface area contributed by atoms with E-state index in [4.69, 9.17) is 14.2 Å². The van der Waals surface area contributed by atoms with Gasteiger partial charge in [-0.05, 0) is 25.2 Å². The Morgan fingerprint density at radius 1 is 0.380 bits per heavy atom. The summed E-state index contributed by atoms with van der Waals surface area (Å²) in [4.78, 5) is 37.5. The summed E-state index contributed by atoms with van der Waals surface area (Å²) < 4.78 is 16.6. The third-order valence-corrected chi connectivity index (χ3v) is 9.79. The highest BCUT2D eigenvalue weighted by Gasteiger charge is 2.19. The zero-order chi connectivity index (χ0) is 36.8. The van der Waals surface area contributed by atoms with Crippen LogP contribution in [0, 0.1) is 5.92 Å². The summed E-state index contributed by atoms with van der Waals surface area (Å²) in [7, 11) is 0. The Morgan fingerprint density at radius 2 is 0.660 bits per heavy atom. The summed E-state index contributed by atoms with van der Waals surface area (Å²) in [6.07, 6.45) is 36.6. The van der Waals surface area contributed by atoms with Crippen LogP contribution in [0.15, 0.2) is 0 Å². The van der Waals surface area contributed by atoms with Gasteiger partial charge in [0.1, 0.15) is 13.2 Å². The minimum atomic E-state index is -0.757. The molecule has 50 heavy (non-hydrogen) atoms. The lowest BCUT2D eigenvalue weighted by Gasteiger charge is -2.18. The smallest absolute Gasteiger partial charge is 0.306 e. The highest BCUT2D eigenvalue weighted by Crippen LogP contribution is 2.16. The quantitative estimate of drug-likeness (QED) is 0.0359. The Morgan fingerprint density at radius 3 is 0.980 bits per heavy atom. The van der Waals surface area contributed by atoms with Gasteiger partial charge in [0.15, 0.2) is 6.10 Å². The van der Waals surface area contributed by atoms with Crippen LogP contribution in [0.25, 0.3) is 0 Å². The predicted octanol–water partition coefficient (Wildman–Crippen LogP) is 13.6. The lowest BCUT2D eigenvalue weighted by Crippen LogP contribution is -2.30. The average Bonchev–Trinajstić information content (AvgIpc) is 3.09. The van der Waals surface area contributed by atoms with Gasteiger partial charge in [0, 0.05) is 19.3 Å². The van der Waals surface area contributed by atoms with Crippen molar-refractivity contribution in [1.82, 2.24) is 0 Å². The van der Waals surface area contributed by atoms with Gasteiger partial charge in [-0.15, -0.1) is 0 Å². The molecule has 0 rings (SSSR count). The van der Waals surface area contributed by atoms with E-state index >= 15 is 0 Å². The number of ether oxygens (including phenoxy) is 3. The third kappa shape index (κ3) is 37.7. The van der Waals surface area contributed by atoms with Gasteiger partial charge in [0.25, 0.3) is 0 Å². The summed E-state index contributed by atoms with van der Waals surface area (Å²) in [5.41, 5.74) is 0. The molecule has 0 aromatic heterocycles. The Balaban J connectivity index is 4.28. The molecule has 0 aromatic carbocycles. The van der Waals surface area contributed by atoms with Crippen LogP contribution < -0.4 is 0 Å². The van der Waals surface area contributed by atoms with E-state index in [1.807, 2.05) is 0 Å². The Labute approximate surface area is 310 Å². The molecule has 0 saturated carbocycles. The van der Waals surface area contributed by atoms with Gasteiger partial charge in [-0.1, -0.05) is 201 Å². The second-order valence-electron chi connectivity index (χ2n) is 15.5. The highest BCUT2D eigenvalue weighted by atomic mass is 16.6. The fraction of sp³-hybridized carbons (Fsp3) is 0.932. The van der Waals surface area contributed by atoms with Crippen molar-refractivity contribution >= 4 is 17.9 Å². The van der Waals surface area contributed by atoms with Crippen LogP contribution >= 0.6 is 0 Å². The van der Waals surface area contributed by atoms with E-state index in [2.05, 4.69) is 27.7 Å². The number of hydrogen-bond donors (Lipinski definition) is 0. The van der Waals surface area contributed by atoms with Crippen LogP contribution in [-0.4, -0.2) is 37.2 Å². The van der Waals surface area contributed by atoms with E-state index in [-0.39, 0.29) is 31.1 Å². The minimum absolute atomic E-state index is 0.0644. The average molecular weight is 709 g/mol. The SMILES string of the molecule is CCCCCCCCCCCCCC(=O)OC[C@H](COC(=O)CCCCCCCCC)OC(=O)CCCCCCCCCCCCCC(C)C. The van der Waals surface area contributed by atoms with Gasteiger partial charge in [0.2, 0.25) is 0 Å². The highest BCUT2D eigenvalue weighted by molar-refractivity contribution is 5.71. The zero-order valence-electron chi connectivity index (χ0n) is 33.9. The summed E-state index contributed by atoms with van der Waals surface area (Å²) in [6, 6.07) is 0. The molecule has 0 aliphatic carbocycles. The molecule has 0 fully saturated rings. The normalized spacial score (nSPS) is 11.9. The molecule has 0 bridgehead atoms. The fourth-order valence-corrected chi connectivity index (χ4v) is 6.45. The molecule has 1 atom stereocenters. The molecular formula is C44H84O6. The van der Waals surface area contributed by atoms with E-state index in [0.717, 1.165) is 63.7 Å². The largest absolute Gasteiger partial charge is 0.462 e. The molecule has 0 aliphatic rings. The van der Waals surface area contributed by atoms with E-state index in [9.17, 15) is 14.4 Å². The summed E-state index contributed by atoms with van der Waals surface area (Å²) >= 11 is 0. The first-order valence-corrected chi connectivity index (χ1v) is 21.9. The molecule has 296 valence electrons. The second-order valence-corrected chi connectivity index (χ2v) is 15.5. The topological polar surface area (TPSA) is 78.9 Å². The maximum atomic E-state index is 12.7. The molecule has 0 aliphatic heterocycles. The van der Waals surface area contributed by atoms with Crippen molar-refractivity contribution in [2.75, 3.05) is 13.2 Å². The molecular weight excluding hydrogens is 624 g/mol. The third-order valence-electron chi connectivity index (χ3n) is 9.79. The molecule has 0 saturated heterocycles. The van der Waals surface area contributed by atoms with Crippen LogP contribution in [0.2, 0.25) is 0 Å². The fourth-order valence-electron chi connectivity index (χ4n) is 6.45. The Bertz CT molecular complexity index is 751. The number of unbranched alkanes of at least 4 members (excludes halogenated alkanes) is 26. The number of carbonyl (C=O) groups is 3. The first kappa shape index (κ1) is 48.4. The van der Waals surface area contributed by atoms with Crippen LogP contribution in [0.1, 0.15) is 240 Å². The summed E-state index contributed by atoms with van der Waals surface area (Å²) in [6.45, 7) is 8.94. The van der Waals surface area contributed by atoms with Crippen molar-refractivity contribution in [1.29, 1.82) is 0 Å². The van der Waals surface area contributed by atoms with Crippen LogP contribution in [0.5, 0.6) is 0 Å². The molecule has 0 radical (unpaired) electrons. The van der Waals surface area contributed by atoms with E-state index in [0.29, 0.717) is 19.3 Å². The van der Waals surface area contributed by atoms with Crippen molar-refractivity contribution in [2.45, 2.75) is 246 Å². The first-order chi connectivity index (χ1) is 24.4. The number of hydrogen-bond acceptors (Lipinski definition) is 6.